The highest BCUT2D eigenvalue weighted by atomic mass is 16.1. The fraction of sp³-hybridized carbons (Fsp3) is 0.286. The van der Waals surface area contributed by atoms with Gasteiger partial charge in [0, 0.05) is 32.4 Å². The smallest absolute Gasteiger partial charge is 0.239 e. The van der Waals surface area contributed by atoms with E-state index >= 15 is 0 Å². The molecule has 1 aromatic rings. The molecule has 0 aromatic heterocycles. The van der Waals surface area contributed by atoms with Gasteiger partial charge in [0.1, 0.15) is 0 Å². The number of carbonyl (C=O) groups is 2. The van der Waals surface area contributed by atoms with E-state index in [9.17, 15) is 9.59 Å². The van der Waals surface area contributed by atoms with Gasteiger partial charge in [-0.25, -0.2) is 0 Å². The lowest BCUT2D eigenvalue weighted by molar-refractivity contribution is -0.120. The van der Waals surface area contributed by atoms with Gasteiger partial charge >= 0.3 is 0 Å². The Hall–Kier alpha value is -2.30. The van der Waals surface area contributed by atoms with E-state index in [1.165, 1.54) is 0 Å². The molecule has 0 unspecified atom stereocenters. The largest absolute Gasteiger partial charge is 0.388 e. The lowest BCUT2D eigenvalue weighted by Crippen LogP contribution is -2.29. The zero-order valence-corrected chi connectivity index (χ0v) is 11.4. The second kappa shape index (κ2) is 7.20. The minimum absolute atomic E-state index is 0.0632. The summed E-state index contributed by atoms with van der Waals surface area (Å²) in [7, 11) is 5.22. The maximum atomic E-state index is 11.2. The number of hydrogen-bond acceptors (Lipinski definition) is 4. The van der Waals surface area contributed by atoms with Gasteiger partial charge in [-0.05, 0) is 36.0 Å². The Labute approximate surface area is 113 Å². The van der Waals surface area contributed by atoms with Crippen molar-refractivity contribution in [2.75, 3.05) is 33.0 Å². The maximum absolute atomic E-state index is 11.2. The number of aldehydes is 1. The molecule has 0 bridgehead atoms. The first-order valence-corrected chi connectivity index (χ1v) is 5.96. The fourth-order valence-corrected chi connectivity index (χ4v) is 1.55. The monoisotopic (exact) mass is 261 g/mol. The van der Waals surface area contributed by atoms with Crippen LogP contribution in [-0.2, 0) is 4.79 Å². The van der Waals surface area contributed by atoms with Gasteiger partial charge in [0.25, 0.3) is 0 Å². The van der Waals surface area contributed by atoms with Gasteiger partial charge in [-0.1, -0.05) is 0 Å². The number of amides is 1. The predicted octanol–water partition coefficient (Wildman–Crippen LogP) is 1.19. The molecule has 0 atom stereocenters. The van der Waals surface area contributed by atoms with E-state index in [4.69, 9.17) is 0 Å². The quantitative estimate of drug-likeness (QED) is 0.755. The second-order valence-electron chi connectivity index (χ2n) is 4.12. The first-order chi connectivity index (χ1) is 9.10. The fourth-order valence-electron chi connectivity index (χ4n) is 1.55. The Morgan fingerprint density at radius 1 is 1.32 bits per heavy atom. The molecule has 0 aliphatic heterocycles. The minimum Gasteiger partial charge on any atom is -0.388 e. The van der Waals surface area contributed by atoms with Gasteiger partial charge in [-0.15, -0.1) is 0 Å². The molecule has 0 saturated heterocycles. The Kier molecular flexibility index (Phi) is 5.60. The van der Waals surface area contributed by atoms with Crippen LogP contribution in [0.15, 0.2) is 24.4 Å². The predicted molar refractivity (Wildman–Crippen MR) is 77.1 cm³/mol. The van der Waals surface area contributed by atoms with E-state index in [1.54, 1.807) is 31.3 Å². The molecule has 0 radical (unpaired) electrons. The number of carbonyl (C=O) groups excluding carboxylic acids is 2. The average molecular weight is 261 g/mol. The van der Waals surface area contributed by atoms with Crippen LogP contribution in [-0.4, -0.2) is 44.8 Å². The van der Waals surface area contributed by atoms with Crippen molar-refractivity contribution in [2.45, 2.75) is 0 Å². The molecule has 0 heterocycles. The molecule has 5 nitrogen and oxygen atoms in total. The molecule has 1 rings (SSSR count). The summed E-state index contributed by atoms with van der Waals surface area (Å²) in [6.45, 7) is 0.273. The second-order valence-corrected chi connectivity index (χ2v) is 4.12. The highest BCUT2D eigenvalue weighted by Crippen LogP contribution is 2.16. The molecule has 19 heavy (non-hydrogen) atoms. The van der Waals surface area contributed by atoms with Gasteiger partial charge in [0.2, 0.25) is 5.91 Å². The molecule has 0 fully saturated rings. The van der Waals surface area contributed by atoms with Gasteiger partial charge < -0.3 is 15.5 Å². The molecular formula is C14H19N3O2. The zero-order valence-electron chi connectivity index (χ0n) is 11.4. The lowest BCUT2D eigenvalue weighted by atomic mass is 10.1. The van der Waals surface area contributed by atoms with E-state index in [-0.39, 0.29) is 12.5 Å². The maximum Gasteiger partial charge on any atom is 0.239 e. The van der Waals surface area contributed by atoms with Crippen LogP contribution in [0.1, 0.15) is 15.9 Å². The molecule has 1 aromatic carbocycles. The summed E-state index contributed by atoms with van der Waals surface area (Å²) >= 11 is 0. The van der Waals surface area contributed by atoms with E-state index in [2.05, 4.69) is 10.6 Å². The summed E-state index contributed by atoms with van der Waals surface area (Å²) in [5, 5.41) is 5.57. The van der Waals surface area contributed by atoms with E-state index in [1.807, 2.05) is 25.3 Å². The number of hydrogen-bond donors (Lipinski definition) is 2. The molecular weight excluding hydrogens is 242 g/mol. The zero-order chi connectivity index (χ0) is 14.3. The van der Waals surface area contributed by atoms with Gasteiger partial charge in [0.05, 0.1) is 6.54 Å². The van der Waals surface area contributed by atoms with Crippen LogP contribution in [0, 0.1) is 0 Å². The van der Waals surface area contributed by atoms with Crippen LogP contribution in [0.2, 0.25) is 0 Å². The lowest BCUT2D eigenvalue weighted by Gasteiger charge is -2.12. The number of anilines is 1. The van der Waals surface area contributed by atoms with Gasteiger partial charge in [-0.3, -0.25) is 9.59 Å². The molecule has 0 spiro atoms. The molecule has 5 heteroatoms. The Morgan fingerprint density at radius 3 is 2.63 bits per heavy atom. The Balaban J connectivity index is 2.84. The molecule has 1 amide bonds. The number of nitrogens with zero attached hydrogens (tertiary/aromatic N) is 1. The normalized spacial score (nSPS) is 10.3. The van der Waals surface area contributed by atoms with Gasteiger partial charge in [-0.2, -0.15) is 0 Å². The standard InChI is InChI=1S/C14H19N3O2/c1-15-13-5-4-12(10-18)11(8-13)6-7-17(3)9-14(19)16-2/h4-8,10,15H,9H2,1-3H3,(H,16,19)/b7-6-. The van der Waals surface area contributed by atoms with E-state index in [0.717, 1.165) is 17.5 Å². The first-order valence-electron chi connectivity index (χ1n) is 5.96. The van der Waals surface area contributed by atoms with Crippen LogP contribution in [0.4, 0.5) is 5.69 Å². The summed E-state index contributed by atoms with van der Waals surface area (Å²) in [4.78, 5) is 23.9. The van der Waals surface area contributed by atoms with Gasteiger partial charge in [0.15, 0.2) is 6.29 Å². The topological polar surface area (TPSA) is 61.4 Å². The molecule has 2 N–H and O–H groups in total. The highest BCUT2D eigenvalue weighted by Gasteiger charge is 2.02. The SMILES string of the molecule is CNC(=O)CN(C)/C=C\c1cc(NC)ccc1C=O. The van der Waals surface area contributed by atoms with Crippen LogP contribution in [0.3, 0.4) is 0 Å². The van der Waals surface area contributed by atoms with Crippen LogP contribution in [0.25, 0.3) is 6.08 Å². The van der Waals surface area contributed by atoms with Crippen molar-refractivity contribution in [3.05, 3.63) is 35.5 Å². The Bertz CT molecular complexity index is 484. The van der Waals surface area contributed by atoms with Crippen LogP contribution < -0.4 is 10.6 Å². The van der Waals surface area contributed by atoms with Crippen molar-refractivity contribution >= 4 is 24.0 Å². The van der Waals surface area contributed by atoms with Crippen molar-refractivity contribution in [3.63, 3.8) is 0 Å². The van der Waals surface area contributed by atoms with Crippen molar-refractivity contribution in [1.29, 1.82) is 0 Å². The molecule has 0 aliphatic rings. The third-order valence-corrected chi connectivity index (χ3v) is 2.68. The van der Waals surface area contributed by atoms with E-state index < -0.39 is 0 Å². The van der Waals surface area contributed by atoms with Crippen molar-refractivity contribution in [1.82, 2.24) is 10.2 Å². The highest BCUT2D eigenvalue weighted by molar-refractivity contribution is 5.83. The molecule has 0 aliphatic carbocycles. The molecule has 0 saturated carbocycles. The number of likely N-dealkylation sites (N-methyl/N-ethyl adjacent to an activating group) is 2. The summed E-state index contributed by atoms with van der Waals surface area (Å²) in [5.41, 5.74) is 2.36. The summed E-state index contributed by atoms with van der Waals surface area (Å²) in [5.74, 6) is -0.0632. The van der Waals surface area contributed by atoms with Crippen LogP contribution in [0.5, 0.6) is 0 Å². The number of benzene rings is 1. The summed E-state index contributed by atoms with van der Waals surface area (Å²) in [6, 6.07) is 5.49. The van der Waals surface area contributed by atoms with E-state index in [0.29, 0.717) is 5.56 Å². The summed E-state index contributed by atoms with van der Waals surface area (Å²) in [6.07, 6.45) is 4.41. The summed E-state index contributed by atoms with van der Waals surface area (Å²) < 4.78 is 0. The third kappa shape index (κ3) is 4.46. The minimum atomic E-state index is -0.0632. The van der Waals surface area contributed by atoms with Crippen molar-refractivity contribution in [3.8, 4) is 0 Å². The molecule has 102 valence electrons. The first kappa shape index (κ1) is 14.8. The Morgan fingerprint density at radius 2 is 2.05 bits per heavy atom. The third-order valence-electron chi connectivity index (χ3n) is 2.68. The van der Waals surface area contributed by atoms with Crippen LogP contribution >= 0.6 is 0 Å². The average Bonchev–Trinajstić information content (AvgIpc) is 2.44. The van der Waals surface area contributed by atoms with Crippen molar-refractivity contribution in [2.24, 2.45) is 0 Å². The number of rotatable bonds is 6. The number of nitrogens with one attached hydrogen (secondary N) is 2. The van der Waals surface area contributed by atoms with Crippen molar-refractivity contribution < 1.29 is 9.59 Å².